The fraction of sp³-hybridized carbons (Fsp3) is 0.294. The Kier molecular flexibility index (Phi) is 4.02. The molecule has 1 atom stereocenters. The van der Waals surface area contributed by atoms with Gasteiger partial charge in [-0.3, -0.25) is 9.78 Å². The molecule has 8 heteroatoms. The molecule has 4 heterocycles. The zero-order chi connectivity index (χ0) is 17.2. The molecule has 0 bridgehead atoms. The van der Waals surface area contributed by atoms with Crippen LogP contribution in [-0.4, -0.2) is 38.5 Å². The monoisotopic (exact) mass is 339 g/mol. The highest BCUT2D eigenvalue weighted by molar-refractivity contribution is 5.92. The summed E-state index contributed by atoms with van der Waals surface area (Å²) in [6, 6.07) is 5.56. The van der Waals surface area contributed by atoms with Gasteiger partial charge in [0.05, 0.1) is 31.2 Å². The lowest BCUT2D eigenvalue weighted by molar-refractivity contribution is 0.00162. The molecule has 25 heavy (non-hydrogen) atoms. The number of hydrogen-bond acceptors (Lipinski definition) is 6. The zero-order valence-electron chi connectivity index (χ0n) is 13.7. The van der Waals surface area contributed by atoms with Gasteiger partial charge in [-0.25, -0.2) is 4.68 Å². The van der Waals surface area contributed by atoms with E-state index < -0.39 is 0 Å². The molecule has 1 aliphatic heterocycles. The van der Waals surface area contributed by atoms with E-state index in [0.29, 0.717) is 25.5 Å². The lowest BCUT2D eigenvalue weighted by atomic mass is 10.1. The molecular weight excluding hydrogens is 322 g/mol. The van der Waals surface area contributed by atoms with Crippen molar-refractivity contribution in [1.29, 1.82) is 0 Å². The molecule has 0 aromatic carbocycles. The number of fused-ring (bicyclic) bond motifs is 1. The second-order valence-electron chi connectivity index (χ2n) is 5.88. The number of aromatic nitrogens is 4. The van der Waals surface area contributed by atoms with Crippen molar-refractivity contribution in [2.75, 3.05) is 6.54 Å². The van der Waals surface area contributed by atoms with Crippen LogP contribution in [0.4, 0.5) is 0 Å². The van der Waals surface area contributed by atoms with Crippen molar-refractivity contribution >= 4 is 5.91 Å². The van der Waals surface area contributed by atoms with Crippen molar-refractivity contribution in [2.24, 2.45) is 0 Å². The Hall–Kier alpha value is -3.00. The van der Waals surface area contributed by atoms with Gasteiger partial charge in [0.15, 0.2) is 5.76 Å². The molecule has 1 amide bonds. The number of nitrogens with one attached hydrogen (secondary N) is 1. The van der Waals surface area contributed by atoms with Crippen LogP contribution in [0.3, 0.4) is 0 Å². The molecule has 0 fully saturated rings. The third kappa shape index (κ3) is 3.03. The van der Waals surface area contributed by atoms with Crippen LogP contribution in [0.25, 0.3) is 11.3 Å². The quantitative estimate of drug-likeness (QED) is 0.775. The van der Waals surface area contributed by atoms with Crippen LogP contribution in [0.1, 0.15) is 21.8 Å². The summed E-state index contributed by atoms with van der Waals surface area (Å²) >= 11 is 0. The van der Waals surface area contributed by atoms with Gasteiger partial charge in [-0.05, 0) is 25.1 Å². The van der Waals surface area contributed by atoms with Crippen LogP contribution in [0.5, 0.6) is 0 Å². The number of pyridine rings is 1. The summed E-state index contributed by atoms with van der Waals surface area (Å²) < 4.78 is 12.9. The van der Waals surface area contributed by atoms with E-state index in [9.17, 15) is 4.79 Å². The SMILES string of the molecule is Cc1ccoc1C(=O)NC[C@@H]1Cn2nnc(-c3cccnc3)c2CO1. The third-order valence-corrected chi connectivity index (χ3v) is 4.16. The highest BCUT2D eigenvalue weighted by Gasteiger charge is 2.25. The summed E-state index contributed by atoms with van der Waals surface area (Å²) in [4.78, 5) is 16.2. The van der Waals surface area contributed by atoms with Gasteiger partial charge in [0, 0.05) is 30.1 Å². The lowest BCUT2D eigenvalue weighted by Crippen LogP contribution is -2.39. The first-order chi connectivity index (χ1) is 12.2. The first-order valence-corrected chi connectivity index (χ1v) is 7.99. The fourth-order valence-electron chi connectivity index (χ4n) is 2.81. The van der Waals surface area contributed by atoms with Gasteiger partial charge >= 0.3 is 0 Å². The topological polar surface area (TPSA) is 95.1 Å². The molecule has 0 aliphatic carbocycles. The smallest absolute Gasteiger partial charge is 0.287 e. The van der Waals surface area contributed by atoms with E-state index in [-0.39, 0.29) is 12.0 Å². The summed E-state index contributed by atoms with van der Waals surface area (Å²) in [7, 11) is 0. The number of carbonyl (C=O) groups is 1. The number of amides is 1. The van der Waals surface area contributed by atoms with Gasteiger partial charge < -0.3 is 14.5 Å². The van der Waals surface area contributed by atoms with Crippen LogP contribution in [0, 0.1) is 6.92 Å². The maximum Gasteiger partial charge on any atom is 0.287 e. The van der Waals surface area contributed by atoms with Crippen molar-refractivity contribution in [3.8, 4) is 11.3 Å². The predicted octanol–water partition coefficient (Wildman–Crippen LogP) is 1.57. The van der Waals surface area contributed by atoms with Gasteiger partial charge in [-0.15, -0.1) is 5.10 Å². The largest absolute Gasteiger partial charge is 0.459 e. The van der Waals surface area contributed by atoms with Gasteiger partial charge in [0.2, 0.25) is 0 Å². The zero-order valence-corrected chi connectivity index (χ0v) is 13.7. The summed E-state index contributed by atoms with van der Waals surface area (Å²) in [5, 5.41) is 11.3. The van der Waals surface area contributed by atoms with Crippen LogP contribution in [-0.2, 0) is 17.9 Å². The molecule has 0 saturated heterocycles. The van der Waals surface area contributed by atoms with Crippen molar-refractivity contribution in [3.05, 3.63) is 53.9 Å². The standard InChI is InChI=1S/C17H17N5O3/c1-11-4-6-24-16(11)17(23)19-8-13-9-22-14(10-25-13)15(20-21-22)12-3-2-5-18-7-12/h2-7,13H,8-10H2,1H3,(H,19,23)/t13-/m1/s1. The average molecular weight is 339 g/mol. The van der Waals surface area contributed by atoms with E-state index in [1.54, 1.807) is 18.5 Å². The third-order valence-electron chi connectivity index (χ3n) is 4.16. The fourth-order valence-corrected chi connectivity index (χ4v) is 2.81. The van der Waals surface area contributed by atoms with E-state index in [2.05, 4.69) is 20.6 Å². The molecule has 3 aromatic rings. The minimum atomic E-state index is -0.244. The second kappa shape index (κ2) is 6.48. The maximum absolute atomic E-state index is 12.1. The summed E-state index contributed by atoms with van der Waals surface area (Å²) in [6.45, 7) is 3.12. The minimum absolute atomic E-state index is 0.171. The van der Waals surface area contributed by atoms with Crippen LogP contribution >= 0.6 is 0 Å². The first-order valence-electron chi connectivity index (χ1n) is 7.99. The molecule has 1 N–H and O–H groups in total. The predicted molar refractivity (Wildman–Crippen MR) is 87.6 cm³/mol. The lowest BCUT2D eigenvalue weighted by Gasteiger charge is -2.24. The Morgan fingerprint density at radius 1 is 1.44 bits per heavy atom. The van der Waals surface area contributed by atoms with Crippen LogP contribution in [0.15, 0.2) is 41.3 Å². The summed E-state index contributed by atoms with van der Waals surface area (Å²) in [5.74, 6) is 0.0858. The number of carbonyl (C=O) groups excluding carboxylic acids is 1. The van der Waals surface area contributed by atoms with Crippen molar-refractivity contribution in [3.63, 3.8) is 0 Å². The van der Waals surface area contributed by atoms with E-state index in [1.165, 1.54) is 6.26 Å². The number of nitrogens with zero attached hydrogens (tertiary/aromatic N) is 4. The summed E-state index contributed by atoms with van der Waals surface area (Å²) in [5.41, 5.74) is 3.41. The number of ether oxygens (including phenoxy) is 1. The molecule has 128 valence electrons. The molecule has 0 spiro atoms. The van der Waals surface area contributed by atoms with E-state index >= 15 is 0 Å². The Morgan fingerprint density at radius 3 is 3.12 bits per heavy atom. The van der Waals surface area contributed by atoms with Gasteiger partial charge in [0.1, 0.15) is 5.69 Å². The molecular formula is C17H17N5O3. The summed E-state index contributed by atoms with van der Waals surface area (Å²) in [6.07, 6.45) is 4.80. The maximum atomic E-state index is 12.1. The molecule has 8 nitrogen and oxygen atoms in total. The van der Waals surface area contributed by atoms with Gasteiger partial charge in [0.25, 0.3) is 5.91 Å². The van der Waals surface area contributed by atoms with Crippen LogP contribution in [0.2, 0.25) is 0 Å². The molecule has 1 aliphatic rings. The normalized spacial score (nSPS) is 16.4. The van der Waals surface area contributed by atoms with Crippen LogP contribution < -0.4 is 5.32 Å². The highest BCUT2D eigenvalue weighted by atomic mass is 16.5. The Bertz CT molecular complexity index is 887. The number of aryl methyl sites for hydroxylation is 1. The number of rotatable bonds is 4. The highest BCUT2D eigenvalue weighted by Crippen LogP contribution is 2.24. The Morgan fingerprint density at radius 2 is 2.36 bits per heavy atom. The van der Waals surface area contributed by atoms with Crippen molar-refractivity contribution < 1.29 is 13.9 Å². The second-order valence-corrected chi connectivity index (χ2v) is 5.88. The Labute approximate surface area is 143 Å². The van der Waals surface area contributed by atoms with Crippen molar-refractivity contribution in [2.45, 2.75) is 26.2 Å². The number of hydrogen-bond donors (Lipinski definition) is 1. The van der Waals surface area contributed by atoms with Gasteiger partial charge in [-0.2, -0.15) is 0 Å². The molecule has 3 aromatic heterocycles. The van der Waals surface area contributed by atoms with E-state index in [1.807, 2.05) is 23.7 Å². The Balaban J connectivity index is 1.41. The first kappa shape index (κ1) is 15.5. The molecule has 4 rings (SSSR count). The number of furan rings is 1. The molecule has 0 saturated carbocycles. The van der Waals surface area contributed by atoms with E-state index in [4.69, 9.17) is 9.15 Å². The average Bonchev–Trinajstić information content (AvgIpc) is 3.26. The van der Waals surface area contributed by atoms with E-state index in [0.717, 1.165) is 22.5 Å². The molecule has 0 radical (unpaired) electrons. The van der Waals surface area contributed by atoms with Crippen molar-refractivity contribution in [1.82, 2.24) is 25.3 Å². The minimum Gasteiger partial charge on any atom is -0.459 e. The van der Waals surface area contributed by atoms with Gasteiger partial charge in [-0.1, -0.05) is 5.21 Å². The molecule has 0 unspecified atom stereocenters.